The predicted octanol–water partition coefficient (Wildman–Crippen LogP) is 8.77. The Morgan fingerprint density at radius 3 is 2.22 bits per heavy atom. The van der Waals surface area contributed by atoms with Crippen LogP contribution in [0.15, 0.2) is 103 Å². The maximum atomic E-state index is 15.7. The molecule has 8 rings (SSSR count). The van der Waals surface area contributed by atoms with Gasteiger partial charge in [-0.3, -0.25) is 14.1 Å². The number of hydrogen-bond acceptors (Lipinski definition) is 3. The number of rotatable bonds is 4. The molecular formula is C36H21ClF3N5O. The highest BCUT2D eigenvalue weighted by atomic mass is 35.5. The molecule has 1 amide bonds. The van der Waals surface area contributed by atoms with Crippen molar-refractivity contribution < 1.29 is 18.0 Å². The molecule has 0 aliphatic heterocycles. The van der Waals surface area contributed by atoms with Crippen molar-refractivity contribution in [3.63, 3.8) is 0 Å². The van der Waals surface area contributed by atoms with Crippen molar-refractivity contribution in [2.45, 2.75) is 0 Å². The molecule has 0 spiro atoms. The first-order valence-corrected chi connectivity index (χ1v) is 14.7. The molecular weight excluding hydrogens is 611 g/mol. The first kappa shape index (κ1) is 27.8. The molecule has 224 valence electrons. The van der Waals surface area contributed by atoms with Crippen LogP contribution in [-0.2, 0) is 0 Å². The molecule has 10 heteroatoms. The Morgan fingerprint density at radius 2 is 1.41 bits per heavy atom. The summed E-state index contributed by atoms with van der Waals surface area (Å²) in [6.07, 6.45) is 3.28. The zero-order chi connectivity index (χ0) is 31.7. The number of aromatic nitrogens is 4. The summed E-state index contributed by atoms with van der Waals surface area (Å²) < 4.78 is 49.1. The van der Waals surface area contributed by atoms with Gasteiger partial charge in [0, 0.05) is 63.7 Å². The van der Waals surface area contributed by atoms with Crippen LogP contribution in [0.25, 0.3) is 66.1 Å². The second-order valence-corrected chi connectivity index (χ2v) is 11.3. The normalized spacial score (nSPS) is 11.7. The van der Waals surface area contributed by atoms with Crippen LogP contribution in [0.2, 0.25) is 5.02 Å². The van der Waals surface area contributed by atoms with E-state index in [1.807, 2.05) is 24.3 Å². The zero-order valence-electron chi connectivity index (χ0n) is 24.0. The van der Waals surface area contributed by atoms with Gasteiger partial charge >= 0.3 is 0 Å². The third kappa shape index (κ3) is 4.23. The zero-order valence-corrected chi connectivity index (χ0v) is 24.8. The molecule has 6 nitrogen and oxygen atoms in total. The maximum Gasteiger partial charge on any atom is 0.251 e. The predicted molar refractivity (Wildman–Crippen MR) is 174 cm³/mol. The fourth-order valence-electron chi connectivity index (χ4n) is 6.13. The molecule has 4 aromatic carbocycles. The van der Waals surface area contributed by atoms with E-state index in [1.165, 1.54) is 21.5 Å². The van der Waals surface area contributed by atoms with E-state index in [4.69, 9.17) is 21.6 Å². The number of hydrogen-bond donors (Lipinski definition) is 1. The summed E-state index contributed by atoms with van der Waals surface area (Å²) in [6.45, 7) is 0. The number of amides is 1. The van der Waals surface area contributed by atoms with Crippen molar-refractivity contribution in [2.24, 2.45) is 0 Å². The van der Waals surface area contributed by atoms with Gasteiger partial charge in [0.05, 0.1) is 27.4 Å². The minimum atomic E-state index is -0.834. The van der Waals surface area contributed by atoms with Crippen LogP contribution < -0.4 is 5.32 Å². The number of nitrogens with one attached hydrogen (secondary N) is 1. The first-order chi connectivity index (χ1) is 22.3. The summed E-state index contributed by atoms with van der Waals surface area (Å²) in [4.78, 5) is 22.0. The lowest BCUT2D eigenvalue weighted by Crippen LogP contribution is -2.18. The van der Waals surface area contributed by atoms with Gasteiger partial charge in [0.25, 0.3) is 5.91 Å². The molecule has 0 aliphatic carbocycles. The summed E-state index contributed by atoms with van der Waals surface area (Å²) in [5, 5.41) is 5.35. The second-order valence-electron chi connectivity index (χ2n) is 10.9. The Hall–Kier alpha value is -5.67. The van der Waals surface area contributed by atoms with E-state index in [9.17, 15) is 9.18 Å². The quantitative estimate of drug-likeness (QED) is 0.211. The molecule has 8 aromatic rings. The molecule has 4 heterocycles. The number of nitrogens with zero attached hydrogens (tertiary/aromatic N) is 4. The van der Waals surface area contributed by atoms with Gasteiger partial charge in [0.2, 0.25) is 0 Å². The molecule has 0 saturated carbocycles. The molecule has 0 saturated heterocycles. The summed E-state index contributed by atoms with van der Waals surface area (Å²) in [6, 6.07) is 24.5. The van der Waals surface area contributed by atoms with Crippen molar-refractivity contribution in [1.29, 1.82) is 0 Å². The van der Waals surface area contributed by atoms with Crippen LogP contribution >= 0.6 is 11.6 Å². The van der Waals surface area contributed by atoms with Gasteiger partial charge in [0.15, 0.2) is 5.82 Å². The lowest BCUT2D eigenvalue weighted by atomic mass is 10.0. The first-order valence-electron chi connectivity index (χ1n) is 14.3. The van der Waals surface area contributed by atoms with Gasteiger partial charge in [-0.05, 0) is 48.5 Å². The molecule has 1 N–H and O–H groups in total. The van der Waals surface area contributed by atoms with Crippen LogP contribution in [-0.4, -0.2) is 32.3 Å². The number of carbonyl (C=O) groups is 1. The molecule has 0 fully saturated rings. The number of pyridine rings is 2. The number of benzene rings is 4. The van der Waals surface area contributed by atoms with Crippen LogP contribution in [0.1, 0.15) is 10.4 Å². The highest BCUT2D eigenvalue weighted by molar-refractivity contribution is 6.35. The third-order valence-electron chi connectivity index (χ3n) is 8.21. The van der Waals surface area contributed by atoms with Crippen LogP contribution in [0.3, 0.4) is 0 Å². The van der Waals surface area contributed by atoms with Crippen molar-refractivity contribution in [2.75, 3.05) is 7.05 Å². The molecule has 46 heavy (non-hydrogen) atoms. The van der Waals surface area contributed by atoms with E-state index >= 15 is 8.78 Å². The minimum absolute atomic E-state index is 0.0265. The molecule has 0 unspecified atom stereocenters. The SMILES string of the molecule is CNC(=O)c1cccc2nc(-c3cn(-n4cc(-c5ccc6cccc(Cl)c6n5)c5cccc(F)c54)c4c(F)cc(F)cc34)ccc12. The topological polar surface area (TPSA) is 64.7 Å². The van der Waals surface area contributed by atoms with Gasteiger partial charge in [-0.25, -0.2) is 23.1 Å². The van der Waals surface area contributed by atoms with Crippen LogP contribution in [0, 0.1) is 17.5 Å². The Bertz CT molecular complexity index is 2560. The smallest absolute Gasteiger partial charge is 0.251 e. The fourth-order valence-corrected chi connectivity index (χ4v) is 6.35. The van der Waals surface area contributed by atoms with Crippen molar-refractivity contribution in [3.8, 4) is 22.5 Å². The highest BCUT2D eigenvalue weighted by Crippen LogP contribution is 2.38. The average Bonchev–Trinajstić information content (AvgIpc) is 3.64. The summed E-state index contributed by atoms with van der Waals surface area (Å²) in [5.74, 6) is -2.41. The summed E-state index contributed by atoms with van der Waals surface area (Å²) in [7, 11) is 1.55. The van der Waals surface area contributed by atoms with Gasteiger partial charge in [-0.2, -0.15) is 0 Å². The minimum Gasteiger partial charge on any atom is -0.355 e. The largest absolute Gasteiger partial charge is 0.355 e. The lowest BCUT2D eigenvalue weighted by molar-refractivity contribution is 0.0964. The Kier molecular flexibility index (Phi) is 6.33. The van der Waals surface area contributed by atoms with E-state index in [-0.39, 0.29) is 22.3 Å². The van der Waals surface area contributed by atoms with Gasteiger partial charge in [-0.1, -0.05) is 48.0 Å². The average molecular weight is 632 g/mol. The summed E-state index contributed by atoms with van der Waals surface area (Å²) in [5.41, 5.74) is 3.73. The molecule has 0 aliphatic rings. The number of fused-ring (bicyclic) bond motifs is 4. The molecule has 0 radical (unpaired) electrons. The van der Waals surface area contributed by atoms with Crippen molar-refractivity contribution in [1.82, 2.24) is 24.6 Å². The molecule has 0 atom stereocenters. The monoisotopic (exact) mass is 631 g/mol. The standard InChI is InChI=1S/C36H21ClF3N5O/c1-41-36(46)23-7-4-10-30-21(23)12-14-31(42-30)26-18-45(35-24(26)15-20(38)16-29(35)40)44-17-25(22-6-3-9-28(39)34(22)44)32-13-11-19-5-2-8-27(37)33(19)43-32/h2-18H,1H3,(H,41,46). The van der Waals surface area contributed by atoms with E-state index in [1.54, 1.807) is 68.0 Å². The maximum absolute atomic E-state index is 15.7. The molecule has 0 bridgehead atoms. The molecule has 4 aromatic heterocycles. The van der Waals surface area contributed by atoms with Crippen LogP contribution in [0.4, 0.5) is 13.2 Å². The third-order valence-corrected chi connectivity index (χ3v) is 8.52. The van der Waals surface area contributed by atoms with Gasteiger partial charge < -0.3 is 5.32 Å². The van der Waals surface area contributed by atoms with E-state index in [0.29, 0.717) is 54.9 Å². The second kappa shape index (κ2) is 10.5. The fraction of sp³-hybridized carbons (Fsp3) is 0.0278. The highest BCUT2D eigenvalue weighted by Gasteiger charge is 2.22. The van der Waals surface area contributed by atoms with E-state index < -0.39 is 17.5 Å². The van der Waals surface area contributed by atoms with Crippen molar-refractivity contribution >= 4 is 61.1 Å². The Morgan fingerprint density at radius 1 is 0.717 bits per heavy atom. The van der Waals surface area contributed by atoms with E-state index in [0.717, 1.165) is 11.5 Å². The van der Waals surface area contributed by atoms with Gasteiger partial charge in [-0.15, -0.1) is 0 Å². The number of halogens is 4. The summed E-state index contributed by atoms with van der Waals surface area (Å²) >= 11 is 6.46. The number of carbonyl (C=O) groups excluding carboxylic acids is 1. The lowest BCUT2D eigenvalue weighted by Gasteiger charge is -2.10. The Labute approximate surface area is 264 Å². The van der Waals surface area contributed by atoms with Gasteiger partial charge in [0.1, 0.15) is 22.7 Å². The van der Waals surface area contributed by atoms with Crippen LogP contribution in [0.5, 0.6) is 0 Å². The van der Waals surface area contributed by atoms with Crippen molar-refractivity contribution in [3.05, 3.63) is 131 Å². The Balaban J connectivity index is 1.39. The van der Waals surface area contributed by atoms with E-state index in [2.05, 4.69) is 5.32 Å². The number of para-hydroxylation sites is 2.